The van der Waals surface area contributed by atoms with Crippen molar-refractivity contribution in [3.63, 3.8) is 0 Å². The minimum atomic E-state index is -0.634. The summed E-state index contributed by atoms with van der Waals surface area (Å²) in [7, 11) is 0. The SMILES string of the molecule is CCCN1c2cc(F)c(/C=C3/C(=O)NC(=S)N(c4ccc(Br)cc4C)C3=O)cc2C(C)CC1(C)C. The van der Waals surface area contributed by atoms with Gasteiger partial charge in [-0.05, 0) is 99.3 Å². The minimum Gasteiger partial charge on any atom is -0.366 e. The quantitative estimate of drug-likeness (QED) is 0.275. The highest BCUT2D eigenvalue weighted by molar-refractivity contribution is 9.10. The third-order valence-corrected chi connectivity index (χ3v) is 7.53. The van der Waals surface area contributed by atoms with Gasteiger partial charge in [0.2, 0.25) is 0 Å². The summed E-state index contributed by atoms with van der Waals surface area (Å²) in [5, 5.41) is 2.58. The number of fused-ring (bicyclic) bond motifs is 1. The maximum atomic E-state index is 15.4. The average Bonchev–Trinajstić information content (AvgIpc) is 2.75. The second kappa shape index (κ2) is 9.47. The lowest BCUT2D eigenvalue weighted by Crippen LogP contribution is -2.54. The molecule has 2 aromatic carbocycles. The predicted octanol–water partition coefficient (Wildman–Crippen LogP) is 6.23. The number of carbonyl (C=O) groups is 2. The molecule has 2 amide bonds. The van der Waals surface area contributed by atoms with Gasteiger partial charge in [0.1, 0.15) is 11.4 Å². The van der Waals surface area contributed by atoms with Gasteiger partial charge in [-0.1, -0.05) is 29.8 Å². The number of thiocarbonyl (C=S) groups is 1. The van der Waals surface area contributed by atoms with E-state index < -0.39 is 17.6 Å². The van der Waals surface area contributed by atoms with Crippen molar-refractivity contribution in [2.24, 2.45) is 0 Å². The first-order chi connectivity index (χ1) is 16.4. The molecule has 5 nitrogen and oxygen atoms in total. The second-order valence-electron chi connectivity index (χ2n) is 9.89. The molecule has 0 spiro atoms. The Morgan fingerprint density at radius 2 is 1.94 bits per heavy atom. The molecule has 1 saturated heterocycles. The number of nitrogens with zero attached hydrogens (tertiary/aromatic N) is 2. The Morgan fingerprint density at radius 1 is 1.23 bits per heavy atom. The van der Waals surface area contributed by atoms with Gasteiger partial charge in [-0.15, -0.1) is 0 Å². The lowest BCUT2D eigenvalue weighted by Gasteiger charge is -2.47. The van der Waals surface area contributed by atoms with Crippen LogP contribution < -0.4 is 15.1 Å². The van der Waals surface area contributed by atoms with Gasteiger partial charge >= 0.3 is 0 Å². The van der Waals surface area contributed by atoms with Crippen molar-refractivity contribution in [2.75, 3.05) is 16.3 Å². The van der Waals surface area contributed by atoms with Crippen molar-refractivity contribution in [2.45, 2.75) is 58.9 Å². The number of hydrogen-bond acceptors (Lipinski definition) is 4. The van der Waals surface area contributed by atoms with Crippen molar-refractivity contribution in [1.82, 2.24) is 5.32 Å². The maximum Gasteiger partial charge on any atom is 0.270 e. The van der Waals surface area contributed by atoms with Crippen LogP contribution in [0.15, 0.2) is 40.4 Å². The average molecular weight is 559 g/mol. The molecule has 0 saturated carbocycles. The van der Waals surface area contributed by atoms with Crippen molar-refractivity contribution in [1.29, 1.82) is 0 Å². The van der Waals surface area contributed by atoms with Crippen LogP contribution in [0.25, 0.3) is 6.08 Å². The van der Waals surface area contributed by atoms with Crippen LogP contribution in [-0.2, 0) is 9.59 Å². The van der Waals surface area contributed by atoms with Crippen molar-refractivity contribution >= 4 is 62.5 Å². The van der Waals surface area contributed by atoms with Crippen LogP contribution >= 0.6 is 28.1 Å². The number of hydrogen-bond donors (Lipinski definition) is 1. The summed E-state index contributed by atoms with van der Waals surface area (Å²) in [5.74, 6) is -1.48. The van der Waals surface area contributed by atoms with Crippen LogP contribution in [-0.4, -0.2) is 29.0 Å². The zero-order chi connectivity index (χ0) is 25.7. The first-order valence-corrected chi connectivity index (χ1v) is 12.9. The number of halogens is 2. The summed E-state index contributed by atoms with van der Waals surface area (Å²) in [4.78, 5) is 29.8. The topological polar surface area (TPSA) is 52.7 Å². The van der Waals surface area contributed by atoms with Crippen LogP contribution in [0.5, 0.6) is 0 Å². The molecule has 1 unspecified atom stereocenters. The van der Waals surface area contributed by atoms with Crippen molar-refractivity contribution in [3.05, 3.63) is 62.9 Å². The standard InChI is InChI=1S/C27H29BrFN3O2S/c1-6-9-31-23-13-21(29)17(11-19(23)16(3)14-27(31,4)5)12-20-24(33)30-26(35)32(25(20)34)22-8-7-18(28)10-15(22)2/h7-8,10-13,16H,6,9,14H2,1-5H3,(H,30,33,35)/b20-12-. The molecule has 35 heavy (non-hydrogen) atoms. The number of rotatable bonds is 4. The number of aryl methyl sites for hydroxylation is 1. The smallest absolute Gasteiger partial charge is 0.270 e. The highest BCUT2D eigenvalue weighted by Gasteiger charge is 2.38. The fraction of sp³-hybridized carbons (Fsp3) is 0.370. The Labute approximate surface area is 219 Å². The van der Waals surface area contributed by atoms with Crippen LogP contribution in [0.1, 0.15) is 63.1 Å². The highest BCUT2D eigenvalue weighted by atomic mass is 79.9. The molecule has 2 aliphatic rings. The second-order valence-corrected chi connectivity index (χ2v) is 11.2. The van der Waals surface area contributed by atoms with Crippen molar-refractivity contribution < 1.29 is 14.0 Å². The predicted molar refractivity (Wildman–Crippen MR) is 146 cm³/mol. The third kappa shape index (κ3) is 4.66. The molecular formula is C27H29BrFN3O2S. The minimum absolute atomic E-state index is 0.000420. The lowest BCUT2D eigenvalue weighted by molar-refractivity contribution is -0.122. The van der Waals surface area contributed by atoms with Gasteiger partial charge in [0, 0.05) is 27.8 Å². The fourth-order valence-electron chi connectivity index (χ4n) is 5.18. The molecule has 2 aliphatic heterocycles. The number of benzene rings is 2. The van der Waals surface area contributed by atoms with Gasteiger partial charge in [-0.25, -0.2) is 4.39 Å². The largest absolute Gasteiger partial charge is 0.366 e. The zero-order valence-corrected chi connectivity index (χ0v) is 22.9. The van der Waals surface area contributed by atoms with E-state index in [1.54, 1.807) is 24.3 Å². The Morgan fingerprint density at radius 3 is 2.60 bits per heavy atom. The number of carbonyl (C=O) groups excluding carboxylic acids is 2. The number of nitrogens with one attached hydrogen (secondary N) is 1. The molecule has 0 aliphatic carbocycles. The van der Waals surface area contributed by atoms with Crippen LogP contribution in [0.2, 0.25) is 0 Å². The lowest BCUT2D eigenvalue weighted by atomic mass is 9.79. The van der Waals surface area contributed by atoms with E-state index in [2.05, 4.69) is 53.8 Å². The Balaban J connectivity index is 1.78. The van der Waals surface area contributed by atoms with Crippen molar-refractivity contribution in [3.8, 4) is 0 Å². The van der Waals surface area contributed by atoms with E-state index in [4.69, 9.17) is 12.2 Å². The zero-order valence-electron chi connectivity index (χ0n) is 20.5. The normalized spacial score (nSPS) is 20.8. The summed E-state index contributed by atoms with van der Waals surface area (Å²) in [6.45, 7) is 11.3. The molecular weight excluding hydrogens is 529 g/mol. The Kier molecular flexibility index (Phi) is 6.90. The molecule has 0 bridgehead atoms. The number of anilines is 2. The summed E-state index contributed by atoms with van der Waals surface area (Å²) in [5.41, 5.74) is 3.23. The van der Waals surface area contributed by atoms with E-state index in [1.807, 2.05) is 13.0 Å². The fourth-order valence-corrected chi connectivity index (χ4v) is 5.93. The molecule has 1 atom stereocenters. The summed E-state index contributed by atoms with van der Waals surface area (Å²) < 4.78 is 16.3. The molecule has 0 radical (unpaired) electrons. The van der Waals surface area contributed by atoms with Gasteiger partial charge in [0.15, 0.2) is 5.11 Å². The summed E-state index contributed by atoms with van der Waals surface area (Å²) in [6.07, 6.45) is 3.21. The van der Waals surface area contributed by atoms with E-state index in [0.29, 0.717) is 5.69 Å². The van der Waals surface area contributed by atoms with Crippen LogP contribution in [0.4, 0.5) is 15.8 Å². The third-order valence-electron chi connectivity index (χ3n) is 6.75. The Hall–Kier alpha value is -2.58. The van der Waals surface area contributed by atoms with E-state index in [-0.39, 0.29) is 27.7 Å². The molecule has 0 aromatic heterocycles. The molecule has 184 valence electrons. The van der Waals surface area contributed by atoms with E-state index >= 15 is 4.39 Å². The van der Waals surface area contributed by atoms with Crippen LogP contribution in [0, 0.1) is 12.7 Å². The monoisotopic (exact) mass is 557 g/mol. The molecule has 4 rings (SSSR count). The first kappa shape index (κ1) is 25.5. The van der Waals surface area contributed by atoms with E-state index in [9.17, 15) is 9.59 Å². The first-order valence-electron chi connectivity index (χ1n) is 11.7. The molecule has 8 heteroatoms. The van der Waals surface area contributed by atoms with Gasteiger partial charge < -0.3 is 4.90 Å². The summed E-state index contributed by atoms with van der Waals surface area (Å²) >= 11 is 8.73. The van der Waals surface area contributed by atoms with E-state index in [1.165, 1.54) is 11.0 Å². The van der Waals surface area contributed by atoms with Gasteiger partial charge in [0.05, 0.1) is 5.69 Å². The molecule has 2 aromatic rings. The molecule has 2 heterocycles. The highest BCUT2D eigenvalue weighted by Crippen LogP contribution is 2.44. The summed E-state index contributed by atoms with van der Waals surface area (Å²) in [6, 6.07) is 8.74. The Bertz CT molecular complexity index is 1270. The van der Waals surface area contributed by atoms with Gasteiger partial charge in [-0.2, -0.15) is 0 Å². The van der Waals surface area contributed by atoms with E-state index in [0.717, 1.165) is 40.7 Å². The molecule has 1 N–H and O–H groups in total. The van der Waals surface area contributed by atoms with Gasteiger partial charge in [0.25, 0.3) is 11.8 Å². The van der Waals surface area contributed by atoms with Crippen LogP contribution in [0.3, 0.4) is 0 Å². The maximum absolute atomic E-state index is 15.4. The van der Waals surface area contributed by atoms with Gasteiger partial charge in [-0.3, -0.25) is 19.8 Å². The number of amides is 2. The molecule has 1 fully saturated rings.